The average Bonchev–Trinajstić information content (AvgIpc) is 2.66. The predicted molar refractivity (Wildman–Crippen MR) is 55.9 cm³/mol. The second-order valence-electron chi connectivity index (χ2n) is 2.83. The minimum absolute atomic E-state index is 0.0341. The van der Waals surface area contributed by atoms with Crippen molar-refractivity contribution in [2.24, 2.45) is 0 Å². The highest BCUT2D eigenvalue weighted by molar-refractivity contribution is 6.27. The predicted octanol–water partition coefficient (Wildman–Crippen LogP) is 2.79. The van der Waals surface area contributed by atoms with Gasteiger partial charge in [0, 0.05) is 5.56 Å². The van der Waals surface area contributed by atoms with Gasteiger partial charge in [0.05, 0.1) is 6.61 Å². The molecule has 15 heavy (non-hydrogen) atoms. The van der Waals surface area contributed by atoms with Crippen molar-refractivity contribution in [3.63, 3.8) is 0 Å². The number of ether oxygens (including phenoxy) is 1. The lowest BCUT2D eigenvalue weighted by Crippen LogP contribution is -1.91. The maximum atomic E-state index is 5.54. The molecule has 4 nitrogen and oxygen atoms in total. The molecule has 2 rings (SSSR count). The van der Waals surface area contributed by atoms with Gasteiger partial charge in [-0.3, -0.25) is 0 Å². The summed E-state index contributed by atoms with van der Waals surface area (Å²) in [5.41, 5.74) is 0.816. The Morgan fingerprint density at radius 3 is 3.00 bits per heavy atom. The molecule has 1 aromatic heterocycles. The first-order chi connectivity index (χ1) is 7.29. The van der Waals surface area contributed by atoms with Crippen LogP contribution in [0.2, 0.25) is 5.35 Å². The Balaban J connectivity index is 2.32. The molecular weight excluding hydrogens is 216 g/mol. The number of aromatic nitrogens is 2. The van der Waals surface area contributed by atoms with Crippen LogP contribution in [0.5, 0.6) is 5.75 Å². The van der Waals surface area contributed by atoms with Crippen LogP contribution in [-0.2, 0) is 0 Å². The number of nitrogens with zero attached hydrogens (tertiary/aromatic N) is 2. The van der Waals surface area contributed by atoms with Gasteiger partial charge in [0.1, 0.15) is 5.75 Å². The quantitative estimate of drug-likeness (QED) is 0.804. The van der Waals surface area contributed by atoms with E-state index >= 15 is 0 Å². The molecular formula is C10H9ClN2O2. The molecule has 0 saturated carbocycles. The minimum Gasteiger partial charge on any atom is -0.494 e. The number of halogens is 1. The fourth-order valence-electron chi connectivity index (χ4n) is 1.21. The molecule has 78 valence electrons. The summed E-state index contributed by atoms with van der Waals surface area (Å²) >= 11 is 5.54. The molecule has 0 aliphatic heterocycles. The fraction of sp³-hybridized carbons (Fsp3) is 0.200. The molecule has 1 aromatic carbocycles. The van der Waals surface area contributed by atoms with Crippen molar-refractivity contribution < 1.29 is 9.26 Å². The van der Waals surface area contributed by atoms with Gasteiger partial charge >= 0.3 is 5.35 Å². The van der Waals surface area contributed by atoms with E-state index in [1.807, 2.05) is 31.2 Å². The van der Waals surface area contributed by atoms with Gasteiger partial charge in [-0.2, -0.15) is 4.98 Å². The number of benzene rings is 1. The van der Waals surface area contributed by atoms with Crippen LogP contribution in [0.4, 0.5) is 0 Å². The third kappa shape index (κ3) is 2.27. The summed E-state index contributed by atoms with van der Waals surface area (Å²) in [5, 5.41) is 3.75. The highest BCUT2D eigenvalue weighted by Gasteiger charge is 2.07. The van der Waals surface area contributed by atoms with Crippen LogP contribution in [0.15, 0.2) is 28.8 Å². The van der Waals surface area contributed by atoms with Gasteiger partial charge in [0.25, 0.3) is 0 Å². The first-order valence-electron chi connectivity index (χ1n) is 4.52. The molecule has 0 amide bonds. The molecule has 2 aromatic rings. The summed E-state index contributed by atoms with van der Waals surface area (Å²) in [6, 6.07) is 7.44. The van der Waals surface area contributed by atoms with Crippen molar-refractivity contribution >= 4 is 11.6 Å². The standard InChI is InChI=1S/C10H9ClN2O2/c1-2-14-8-5-3-4-7(6-8)9-12-10(11)15-13-9/h3-6H,2H2,1H3. The second kappa shape index (κ2) is 4.31. The topological polar surface area (TPSA) is 48.2 Å². The zero-order chi connectivity index (χ0) is 10.7. The summed E-state index contributed by atoms with van der Waals surface area (Å²) < 4.78 is 10.0. The van der Waals surface area contributed by atoms with Crippen LogP contribution >= 0.6 is 11.6 Å². The molecule has 0 aliphatic carbocycles. The van der Waals surface area contributed by atoms with Crippen molar-refractivity contribution in [2.45, 2.75) is 6.92 Å². The van der Waals surface area contributed by atoms with E-state index in [9.17, 15) is 0 Å². The Hall–Kier alpha value is -1.55. The van der Waals surface area contributed by atoms with Crippen LogP contribution in [0, 0.1) is 0 Å². The summed E-state index contributed by atoms with van der Waals surface area (Å²) in [6.45, 7) is 2.55. The van der Waals surface area contributed by atoms with Crippen LogP contribution in [0.25, 0.3) is 11.4 Å². The highest BCUT2D eigenvalue weighted by Crippen LogP contribution is 2.22. The van der Waals surface area contributed by atoms with Crippen molar-refractivity contribution in [3.8, 4) is 17.1 Å². The Labute approximate surface area is 91.8 Å². The summed E-state index contributed by atoms with van der Waals surface area (Å²) in [6.07, 6.45) is 0. The zero-order valence-electron chi connectivity index (χ0n) is 8.11. The lowest BCUT2D eigenvalue weighted by molar-refractivity contribution is 0.340. The monoisotopic (exact) mass is 224 g/mol. The zero-order valence-corrected chi connectivity index (χ0v) is 8.86. The summed E-state index contributed by atoms with van der Waals surface area (Å²) in [7, 11) is 0. The van der Waals surface area contributed by atoms with E-state index in [1.165, 1.54) is 0 Å². The Morgan fingerprint density at radius 1 is 1.47 bits per heavy atom. The first-order valence-corrected chi connectivity index (χ1v) is 4.90. The van der Waals surface area contributed by atoms with Crippen molar-refractivity contribution in [1.82, 2.24) is 10.1 Å². The molecule has 0 fully saturated rings. The number of rotatable bonds is 3. The van der Waals surface area contributed by atoms with Crippen LogP contribution in [0.1, 0.15) is 6.92 Å². The van der Waals surface area contributed by atoms with E-state index in [0.29, 0.717) is 12.4 Å². The van der Waals surface area contributed by atoms with E-state index in [2.05, 4.69) is 14.7 Å². The molecule has 0 unspecified atom stereocenters. The second-order valence-corrected chi connectivity index (χ2v) is 3.16. The summed E-state index contributed by atoms with van der Waals surface area (Å²) in [5.74, 6) is 1.23. The van der Waals surface area contributed by atoms with Crippen molar-refractivity contribution in [2.75, 3.05) is 6.61 Å². The third-order valence-electron chi connectivity index (χ3n) is 1.80. The Kier molecular flexibility index (Phi) is 2.87. The van der Waals surface area contributed by atoms with Gasteiger partial charge in [0.15, 0.2) is 0 Å². The molecule has 0 aliphatic rings. The van der Waals surface area contributed by atoms with Gasteiger partial charge in [-0.1, -0.05) is 17.3 Å². The van der Waals surface area contributed by atoms with E-state index in [0.717, 1.165) is 11.3 Å². The Morgan fingerprint density at radius 2 is 2.33 bits per heavy atom. The number of hydrogen-bond donors (Lipinski definition) is 0. The first kappa shape index (κ1) is 9.98. The van der Waals surface area contributed by atoms with E-state index in [4.69, 9.17) is 16.3 Å². The maximum Gasteiger partial charge on any atom is 0.320 e. The molecule has 0 spiro atoms. The lowest BCUT2D eigenvalue weighted by Gasteiger charge is -2.02. The maximum absolute atomic E-state index is 5.54. The van der Waals surface area contributed by atoms with Gasteiger partial charge in [-0.15, -0.1) is 0 Å². The fourth-order valence-corrected chi connectivity index (χ4v) is 1.33. The third-order valence-corrected chi connectivity index (χ3v) is 1.96. The molecule has 1 heterocycles. The lowest BCUT2D eigenvalue weighted by atomic mass is 10.2. The van der Waals surface area contributed by atoms with Crippen LogP contribution in [0.3, 0.4) is 0 Å². The van der Waals surface area contributed by atoms with E-state index in [-0.39, 0.29) is 5.35 Å². The van der Waals surface area contributed by atoms with Gasteiger partial charge in [-0.25, -0.2) is 0 Å². The van der Waals surface area contributed by atoms with Crippen molar-refractivity contribution in [1.29, 1.82) is 0 Å². The van der Waals surface area contributed by atoms with Crippen molar-refractivity contribution in [3.05, 3.63) is 29.6 Å². The van der Waals surface area contributed by atoms with E-state index in [1.54, 1.807) is 0 Å². The van der Waals surface area contributed by atoms with Gasteiger partial charge < -0.3 is 9.26 Å². The minimum atomic E-state index is 0.0341. The van der Waals surface area contributed by atoms with Gasteiger partial charge in [-0.05, 0) is 30.7 Å². The summed E-state index contributed by atoms with van der Waals surface area (Å²) in [4.78, 5) is 3.91. The van der Waals surface area contributed by atoms with Crippen LogP contribution < -0.4 is 4.74 Å². The molecule has 0 saturated heterocycles. The number of hydrogen-bond acceptors (Lipinski definition) is 4. The molecule has 0 atom stereocenters. The smallest absolute Gasteiger partial charge is 0.320 e. The van der Waals surface area contributed by atoms with Gasteiger partial charge in [0.2, 0.25) is 5.82 Å². The largest absolute Gasteiger partial charge is 0.494 e. The highest BCUT2D eigenvalue weighted by atomic mass is 35.5. The SMILES string of the molecule is CCOc1cccc(-c2noc(Cl)n2)c1. The Bertz CT molecular complexity index is 456. The molecule has 5 heteroatoms. The normalized spacial score (nSPS) is 10.3. The molecule has 0 N–H and O–H groups in total. The van der Waals surface area contributed by atoms with Crippen LogP contribution in [-0.4, -0.2) is 16.7 Å². The van der Waals surface area contributed by atoms with E-state index < -0.39 is 0 Å². The molecule has 0 radical (unpaired) electrons. The molecule has 0 bridgehead atoms. The average molecular weight is 225 g/mol.